The Hall–Kier alpha value is -3.19. The Labute approximate surface area is 154 Å². The van der Waals surface area contributed by atoms with Crippen molar-refractivity contribution in [2.45, 2.75) is 0 Å². The summed E-state index contributed by atoms with van der Waals surface area (Å²) in [4.78, 5) is 11.1. The van der Waals surface area contributed by atoms with E-state index in [0.29, 0.717) is 11.9 Å². The van der Waals surface area contributed by atoms with Crippen LogP contribution in [0, 0.1) is 0 Å². The van der Waals surface area contributed by atoms with Crippen LogP contribution in [0.25, 0.3) is 10.2 Å². The number of aliphatic imine (C=N–C) groups is 1. The second kappa shape index (κ2) is 5.96. The van der Waals surface area contributed by atoms with E-state index in [9.17, 15) is 0 Å². The zero-order valence-electron chi connectivity index (χ0n) is 14.0. The molecule has 4 aromatic rings. The van der Waals surface area contributed by atoms with Gasteiger partial charge in [0, 0.05) is 31.1 Å². The van der Waals surface area contributed by atoms with E-state index in [1.165, 1.54) is 11.3 Å². The summed E-state index contributed by atoms with van der Waals surface area (Å²) in [7, 11) is 1.91. The lowest BCUT2D eigenvalue weighted by molar-refractivity contribution is 0.480. The maximum Gasteiger partial charge on any atom is 0.279 e. The third-order valence-electron chi connectivity index (χ3n) is 4.20. The summed E-state index contributed by atoms with van der Waals surface area (Å²) in [5.41, 5.74) is 3.02. The number of hydrogen-bond acceptors (Lipinski definition) is 6. The molecular weight excluding hydrogens is 346 g/mol. The number of aryl methyl sites for hydroxylation is 1. The molecule has 7 heteroatoms. The second-order valence-corrected chi connectivity index (χ2v) is 6.99. The quantitative estimate of drug-likeness (QED) is 0.544. The molecule has 0 fully saturated rings. The fourth-order valence-corrected chi connectivity index (χ4v) is 3.82. The van der Waals surface area contributed by atoms with Crippen LogP contribution in [0.3, 0.4) is 0 Å². The van der Waals surface area contributed by atoms with Crippen LogP contribution in [0.15, 0.2) is 59.7 Å². The molecule has 0 unspecified atom stereocenters. The highest BCUT2D eigenvalue weighted by Gasteiger charge is 2.18. The summed E-state index contributed by atoms with van der Waals surface area (Å²) in [5, 5.41) is 5.12. The van der Waals surface area contributed by atoms with Gasteiger partial charge in [-0.25, -0.2) is 4.98 Å². The molecule has 0 spiro atoms. The molecule has 0 N–H and O–H groups in total. The topological polar surface area (TPSA) is 55.5 Å². The molecule has 1 aliphatic rings. The fourth-order valence-electron chi connectivity index (χ4n) is 2.98. The lowest BCUT2D eigenvalue weighted by atomic mass is 10.1. The van der Waals surface area contributed by atoms with Crippen LogP contribution in [0.1, 0.15) is 5.56 Å². The molecule has 26 heavy (non-hydrogen) atoms. The van der Waals surface area contributed by atoms with Crippen LogP contribution in [-0.2, 0) is 7.05 Å². The van der Waals surface area contributed by atoms with E-state index in [1.54, 1.807) is 4.68 Å². The van der Waals surface area contributed by atoms with E-state index in [2.05, 4.69) is 20.0 Å². The number of rotatable bonds is 3. The molecule has 0 aliphatic carbocycles. The van der Waals surface area contributed by atoms with Crippen molar-refractivity contribution in [3.8, 4) is 10.9 Å². The number of benzene rings is 2. The summed E-state index contributed by atoms with van der Waals surface area (Å²) in [5.74, 6) is 1.63. The number of fused-ring (bicyclic) bond motifs is 2. The molecular formula is C19H15N5OS. The van der Waals surface area contributed by atoms with Gasteiger partial charge in [-0.1, -0.05) is 23.5 Å². The van der Waals surface area contributed by atoms with Gasteiger partial charge >= 0.3 is 0 Å². The first-order chi connectivity index (χ1) is 12.8. The minimum absolute atomic E-state index is 0.558. The zero-order valence-corrected chi connectivity index (χ0v) is 14.8. The average molecular weight is 361 g/mol. The highest BCUT2D eigenvalue weighted by Crippen LogP contribution is 2.35. The van der Waals surface area contributed by atoms with Gasteiger partial charge in [-0.3, -0.25) is 9.67 Å². The van der Waals surface area contributed by atoms with Crippen molar-refractivity contribution in [2.24, 2.45) is 12.0 Å². The van der Waals surface area contributed by atoms with Gasteiger partial charge in [-0.2, -0.15) is 5.10 Å². The molecule has 0 radical (unpaired) electrons. The Morgan fingerprint density at radius 2 is 2.04 bits per heavy atom. The van der Waals surface area contributed by atoms with Crippen LogP contribution in [-0.4, -0.2) is 27.6 Å². The molecule has 5 rings (SSSR count). The Morgan fingerprint density at radius 3 is 2.88 bits per heavy atom. The molecule has 0 amide bonds. The standard InChI is InChI=1S/C19H15N5OS/c1-23-9-8-18(22-23)24-12-20-11-13-10-14(6-7-16(13)24)25-19-21-15-4-2-3-5-17(15)26-19/h2-11H,12H2,1H3. The van der Waals surface area contributed by atoms with Crippen molar-refractivity contribution < 1.29 is 4.74 Å². The molecule has 0 atom stereocenters. The van der Waals surface area contributed by atoms with Gasteiger partial charge in [0.25, 0.3) is 5.19 Å². The van der Waals surface area contributed by atoms with Crippen molar-refractivity contribution in [3.05, 3.63) is 60.3 Å². The smallest absolute Gasteiger partial charge is 0.279 e. The fraction of sp³-hybridized carbons (Fsp3) is 0.105. The number of para-hydroxylation sites is 1. The van der Waals surface area contributed by atoms with Crippen molar-refractivity contribution in [2.75, 3.05) is 11.6 Å². The highest BCUT2D eigenvalue weighted by molar-refractivity contribution is 7.20. The van der Waals surface area contributed by atoms with Gasteiger partial charge in [0.05, 0.1) is 15.9 Å². The van der Waals surface area contributed by atoms with Crippen molar-refractivity contribution in [3.63, 3.8) is 0 Å². The van der Waals surface area contributed by atoms with Crippen molar-refractivity contribution in [1.82, 2.24) is 14.8 Å². The van der Waals surface area contributed by atoms with Crippen molar-refractivity contribution in [1.29, 1.82) is 0 Å². The number of ether oxygens (including phenoxy) is 1. The maximum absolute atomic E-state index is 5.98. The lowest BCUT2D eigenvalue weighted by Gasteiger charge is -2.25. The van der Waals surface area contributed by atoms with Crippen molar-refractivity contribution >= 4 is 39.3 Å². The molecule has 2 aromatic heterocycles. The minimum Gasteiger partial charge on any atom is -0.431 e. The third kappa shape index (κ3) is 2.62. The highest BCUT2D eigenvalue weighted by atomic mass is 32.1. The normalized spacial score (nSPS) is 13.2. The van der Waals surface area contributed by atoms with Gasteiger partial charge in [0.15, 0.2) is 5.82 Å². The summed E-state index contributed by atoms with van der Waals surface area (Å²) < 4.78 is 8.89. The summed E-state index contributed by atoms with van der Waals surface area (Å²) >= 11 is 1.54. The molecule has 128 valence electrons. The maximum atomic E-state index is 5.98. The van der Waals surface area contributed by atoms with Gasteiger partial charge in [0.1, 0.15) is 12.4 Å². The average Bonchev–Trinajstić information content (AvgIpc) is 3.26. The zero-order chi connectivity index (χ0) is 17.5. The summed E-state index contributed by atoms with van der Waals surface area (Å²) in [6, 6.07) is 16.0. The largest absolute Gasteiger partial charge is 0.431 e. The second-order valence-electron chi connectivity index (χ2n) is 6.00. The Kier molecular flexibility index (Phi) is 3.46. The van der Waals surface area contributed by atoms with E-state index in [-0.39, 0.29) is 0 Å². The van der Waals surface area contributed by atoms with E-state index >= 15 is 0 Å². The summed E-state index contributed by atoms with van der Waals surface area (Å²) in [6.45, 7) is 0.558. The van der Waals surface area contributed by atoms with Crippen LogP contribution in [0.5, 0.6) is 10.9 Å². The van der Waals surface area contributed by atoms with Gasteiger partial charge in [-0.15, -0.1) is 0 Å². The third-order valence-corrected chi connectivity index (χ3v) is 5.11. The Bertz CT molecular complexity index is 1100. The van der Waals surface area contributed by atoms with Gasteiger partial charge < -0.3 is 9.64 Å². The van der Waals surface area contributed by atoms with E-state index in [0.717, 1.165) is 33.0 Å². The molecule has 2 aromatic carbocycles. The SMILES string of the molecule is Cn1ccc(N2CN=Cc3cc(Oc4nc5ccccc5s4)ccc32)n1. The van der Waals surface area contributed by atoms with E-state index in [1.807, 2.05) is 68.0 Å². The first-order valence-corrected chi connectivity index (χ1v) is 9.02. The number of hydrogen-bond donors (Lipinski definition) is 0. The molecule has 3 heterocycles. The number of thiazole rings is 1. The van der Waals surface area contributed by atoms with Gasteiger partial charge in [0.2, 0.25) is 0 Å². The van der Waals surface area contributed by atoms with E-state index < -0.39 is 0 Å². The summed E-state index contributed by atoms with van der Waals surface area (Å²) in [6.07, 6.45) is 3.80. The number of nitrogens with zero attached hydrogens (tertiary/aromatic N) is 5. The van der Waals surface area contributed by atoms with Crippen LogP contribution < -0.4 is 9.64 Å². The lowest BCUT2D eigenvalue weighted by Crippen LogP contribution is -2.22. The molecule has 6 nitrogen and oxygen atoms in total. The molecule has 0 bridgehead atoms. The molecule has 0 saturated heterocycles. The van der Waals surface area contributed by atoms with Crippen LogP contribution in [0.4, 0.5) is 11.5 Å². The predicted octanol–water partition coefficient (Wildman–Crippen LogP) is 4.35. The number of anilines is 2. The molecule has 1 aliphatic heterocycles. The van der Waals surface area contributed by atoms with E-state index in [4.69, 9.17) is 4.74 Å². The Balaban J connectivity index is 1.46. The molecule has 0 saturated carbocycles. The van der Waals surface area contributed by atoms with Gasteiger partial charge in [-0.05, 0) is 30.3 Å². The minimum atomic E-state index is 0.558. The Morgan fingerprint density at radius 1 is 1.12 bits per heavy atom. The first kappa shape index (κ1) is 15.1. The first-order valence-electron chi connectivity index (χ1n) is 8.21. The monoisotopic (exact) mass is 361 g/mol. The number of aromatic nitrogens is 3. The van der Waals surface area contributed by atoms with Crippen LogP contribution in [0.2, 0.25) is 0 Å². The predicted molar refractivity (Wildman–Crippen MR) is 104 cm³/mol. The van der Waals surface area contributed by atoms with Crippen LogP contribution >= 0.6 is 11.3 Å².